The summed E-state index contributed by atoms with van der Waals surface area (Å²) in [7, 11) is 0. The second-order valence-corrected chi connectivity index (χ2v) is 5.21. The van der Waals surface area contributed by atoms with Crippen LogP contribution < -0.4 is 10.1 Å². The van der Waals surface area contributed by atoms with E-state index < -0.39 is 0 Å². The molecule has 0 bridgehead atoms. The Morgan fingerprint density at radius 2 is 2.09 bits per heavy atom. The number of amides is 1. The Balaban J connectivity index is 1.60. The molecule has 0 saturated carbocycles. The maximum Gasteiger partial charge on any atom is 0.255 e. The molecule has 2 aromatic heterocycles. The van der Waals surface area contributed by atoms with Gasteiger partial charge in [-0.15, -0.1) is 11.3 Å². The van der Waals surface area contributed by atoms with E-state index in [0.717, 1.165) is 5.69 Å². The number of nitrogens with one attached hydrogen (secondary N) is 1. The zero-order valence-corrected chi connectivity index (χ0v) is 12.4. The van der Waals surface area contributed by atoms with Crippen molar-refractivity contribution in [2.45, 2.75) is 6.61 Å². The fourth-order valence-corrected chi connectivity index (χ4v) is 2.35. The van der Waals surface area contributed by atoms with Crippen LogP contribution in [-0.2, 0) is 6.61 Å². The fourth-order valence-electron chi connectivity index (χ4n) is 1.81. The van der Waals surface area contributed by atoms with Gasteiger partial charge in [0.2, 0.25) is 0 Å². The zero-order chi connectivity index (χ0) is 15.2. The summed E-state index contributed by atoms with van der Waals surface area (Å²) >= 11 is 1.53. The molecule has 0 unspecified atom stereocenters. The number of rotatable bonds is 5. The Hall–Kier alpha value is -2.73. The van der Waals surface area contributed by atoms with Crippen molar-refractivity contribution < 1.29 is 9.53 Å². The van der Waals surface area contributed by atoms with Crippen molar-refractivity contribution in [3.05, 3.63) is 70.9 Å². The molecule has 110 valence electrons. The molecule has 0 fully saturated rings. The summed E-state index contributed by atoms with van der Waals surface area (Å²) in [5, 5.41) is 4.72. The van der Waals surface area contributed by atoms with Crippen molar-refractivity contribution in [3.8, 4) is 5.75 Å². The number of hydrogen-bond acceptors (Lipinski definition) is 5. The molecule has 0 spiro atoms. The molecule has 2 heterocycles. The molecule has 0 saturated heterocycles. The van der Waals surface area contributed by atoms with Crippen molar-refractivity contribution in [2.75, 3.05) is 5.32 Å². The predicted octanol–water partition coefficient (Wildman–Crippen LogP) is 3.37. The number of benzene rings is 1. The van der Waals surface area contributed by atoms with Crippen molar-refractivity contribution in [2.24, 2.45) is 0 Å². The number of hydrogen-bond donors (Lipinski definition) is 1. The van der Waals surface area contributed by atoms with Gasteiger partial charge in [-0.2, -0.15) is 0 Å². The molecule has 1 N–H and O–H groups in total. The average molecular weight is 311 g/mol. The van der Waals surface area contributed by atoms with Crippen LogP contribution in [0.1, 0.15) is 16.1 Å². The smallest absolute Gasteiger partial charge is 0.255 e. The number of thiazole rings is 1. The summed E-state index contributed by atoms with van der Waals surface area (Å²) in [6.07, 6.45) is 3.26. The van der Waals surface area contributed by atoms with E-state index in [1.54, 1.807) is 54.3 Å². The first-order chi connectivity index (χ1) is 10.8. The lowest BCUT2D eigenvalue weighted by Gasteiger charge is -2.07. The molecule has 1 aromatic carbocycles. The van der Waals surface area contributed by atoms with E-state index in [1.165, 1.54) is 11.3 Å². The minimum absolute atomic E-state index is 0.181. The topological polar surface area (TPSA) is 64.1 Å². The van der Waals surface area contributed by atoms with Gasteiger partial charge in [-0.25, -0.2) is 4.98 Å². The second kappa shape index (κ2) is 6.82. The predicted molar refractivity (Wildman–Crippen MR) is 85.1 cm³/mol. The highest BCUT2D eigenvalue weighted by molar-refractivity contribution is 7.07. The molecule has 0 atom stereocenters. The molecule has 3 aromatic rings. The Labute approximate surface area is 131 Å². The van der Waals surface area contributed by atoms with Crippen LogP contribution in [0.4, 0.5) is 5.69 Å². The fraction of sp³-hybridized carbons (Fsp3) is 0.0625. The minimum Gasteiger partial charge on any atom is -0.487 e. The highest BCUT2D eigenvalue weighted by Crippen LogP contribution is 2.15. The van der Waals surface area contributed by atoms with E-state index in [-0.39, 0.29) is 5.91 Å². The highest BCUT2D eigenvalue weighted by atomic mass is 32.1. The van der Waals surface area contributed by atoms with Gasteiger partial charge < -0.3 is 10.1 Å². The minimum atomic E-state index is -0.181. The van der Waals surface area contributed by atoms with Gasteiger partial charge in [-0.05, 0) is 36.4 Å². The van der Waals surface area contributed by atoms with Crippen molar-refractivity contribution >= 4 is 22.9 Å². The van der Waals surface area contributed by atoms with Gasteiger partial charge in [0.25, 0.3) is 5.91 Å². The highest BCUT2D eigenvalue weighted by Gasteiger charge is 2.06. The van der Waals surface area contributed by atoms with E-state index in [9.17, 15) is 4.79 Å². The normalized spacial score (nSPS) is 10.2. The van der Waals surface area contributed by atoms with E-state index in [0.29, 0.717) is 23.6 Å². The van der Waals surface area contributed by atoms with Crippen molar-refractivity contribution in [3.63, 3.8) is 0 Å². The van der Waals surface area contributed by atoms with E-state index in [2.05, 4.69) is 15.3 Å². The quantitative estimate of drug-likeness (QED) is 0.784. The number of pyridine rings is 1. The number of anilines is 1. The molecule has 0 aliphatic carbocycles. The zero-order valence-electron chi connectivity index (χ0n) is 11.6. The van der Waals surface area contributed by atoms with Gasteiger partial charge >= 0.3 is 0 Å². The van der Waals surface area contributed by atoms with Crippen LogP contribution in [0, 0.1) is 0 Å². The Morgan fingerprint density at radius 1 is 1.23 bits per heavy atom. The summed E-state index contributed by atoms with van der Waals surface area (Å²) in [5.41, 5.74) is 3.88. The summed E-state index contributed by atoms with van der Waals surface area (Å²) in [4.78, 5) is 20.2. The van der Waals surface area contributed by atoms with Crippen LogP contribution in [0.25, 0.3) is 0 Å². The van der Waals surface area contributed by atoms with Crippen LogP contribution >= 0.6 is 11.3 Å². The number of carbonyl (C=O) groups excluding carboxylic acids is 1. The summed E-state index contributed by atoms with van der Waals surface area (Å²) in [6, 6.07) is 10.5. The first-order valence-corrected chi connectivity index (χ1v) is 7.57. The SMILES string of the molecule is O=C(Nc1cccnc1)c1ccc(OCc2cscn2)cc1. The number of carbonyl (C=O) groups is 1. The molecule has 1 amide bonds. The molecule has 5 nitrogen and oxygen atoms in total. The largest absolute Gasteiger partial charge is 0.487 e. The lowest BCUT2D eigenvalue weighted by atomic mass is 10.2. The van der Waals surface area contributed by atoms with Gasteiger partial charge in [0, 0.05) is 17.1 Å². The van der Waals surface area contributed by atoms with E-state index >= 15 is 0 Å². The standard InChI is InChI=1S/C16H13N3O2S/c20-16(19-13-2-1-7-17-8-13)12-3-5-15(6-4-12)21-9-14-10-22-11-18-14/h1-8,10-11H,9H2,(H,19,20). The third-order valence-electron chi connectivity index (χ3n) is 2.91. The molecule has 3 rings (SSSR count). The van der Waals surface area contributed by atoms with Gasteiger partial charge in [0.1, 0.15) is 12.4 Å². The maximum absolute atomic E-state index is 12.1. The van der Waals surface area contributed by atoms with E-state index in [1.807, 2.05) is 5.38 Å². The summed E-state index contributed by atoms with van der Waals surface area (Å²) < 4.78 is 5.61. The Morgan fingerprint density at radius 3 is 2.77 bits per heavy atom. The lowest BCUT2D eigenvalue weighted by Crippen LogP contribution is -2.11. The van der Waals surface area contributed by atoms with Crippen LogP contribution in [0.2, 0.25) is 0 Å². The molecule has 0 aliphatic rings. The third kappa shape index (κ3) is 3.67. The lowest BCUT2D eigenvalue weighted by molar-refractivity contribution is 0.102. The average Bonchev–Trinajstić information content (AvgIpc) is 3.08. The van der Waals surface area contributed by atoms with Gasteiger partial charge in [0.15, 0.2) is 0 Å². The first-order valence-electron chi connectivity index (χ1n) is 6.62. The molecule has 0 aliphatic heterocycles. The second-order valence-electron chi connectivity index (χ2n) is 4.49. The van der Waals surface area contributed by atoms with Crippen LogP contribution in [0.3, 0.4) is 0 Å². The number of ether oxygens (including phenoxy) is 1. The van der Waals surface area contributed by atoms with Crippen molar-refractivity contribution in [1.29, 1.82) is 0 Å². The molecule has 6 heteroatoms. The molecule has 0 radical (unpaired) electrons. The van der Waals surface area contributed by atoms with E-state index in [4.69, 9.17) is 4.74 Å². The Kier molecular flexibility index (Phi) is 4.41. The summed E-state index contributed by atoms with van der Waals surface area (Å²) in [5.74, 6) is 0.518. The number of nitrogens with zero attached hydrogens (tertiary/aromatic N) is 2. The summed E-state index contributed by atoms with van der Waals surface area (Å²) in [6.45, 7) is 0.421. The van der Waals surface area contributed by atoms with Gasteiger partial charge in [-0.3, -0.25) is 9.78 Å². The third-order valence-corrected chi connectivity index (χ3v) is 3.54. The van der Waals surface area contributed by atoms with Gasteiger partial charge in [-0.1, -0.05) is 0 Å². The van der Waals surface area contributed by atoms with Crippen LogP contribution in [0.5, 0.6) is 5.75 Å². The molecular formula is C16H13N3O2S. The monoisotopic (exact) mass is 311 g/mol. The van der Waals surface area contributed by atoms with Crippen molar-refractivity contribution in [1.82, 2.24) is 9.97 Å². The Bertz CT molecular complexity index is 728. The molecular weight excluding hydrogens is 298 g/mol. The maximum atomic E-state index is 12.1. The number of aromatic nitrogens is 2. The first kappa shape index (κ1) is 14.2. The van der Waals surface area contributed by atoms with Gasteiger partial charge in [0.05, 0.1) is 23.1 Å². The van der Waals surface area contributed by atoms with Crippen LogP contribution in [0.15, 0.2) is 59.7 Å². The van der Waals surface area contributed by atoms with Crippen LogP contribution in [-0.4, -0.2) is 15.9 Å². The molecule has 22 heavy (non-hydrogen) atoms.